The van der Waals surface area contributed by atoms with Gasteiger partial charge in [-0.3, -0.25) is 4.79 Å². The van der Waals surface area contributed by atoms with Crippen LogP contribution in [0.3, 0.4) is 0 Å². The smallest absolute Gasteiger partial charge is 0.246 e. The molecule has 2 fully saturated rings. The molecule has 1 amide bonds. The van der Waals surface area contributed by atoms with Crippen molar-refractivity contribution >= 4 is 23.3 Å². The Morgan fingerprint density at radius 3 is 3.00 bits per heavy atom. The molecule has 2 aliphatic rings. The number of thiazole rings is 1. The summed E-state index contributed by atoms with van der Waals surface area (Å²) in [4.78, 5) is 19.2. The molecule has 0 saturated carbocycles. The van der Waals surface area contributed by atoms with Crippen LogP contribution in [0.2, 0.25) is 0 Å². The zero-order valence-electron chi connectivity index (χ0n) is 14.4. The number of benzene rings is 1. The number of likely N-dealkylation sites (tertiary alicyclic amines) is 1. The number of nitrogens with zero attached hydrogens (tertiary/aromatic N) is 2. The van der Waals surface area contributed by atoms with Crippen molar-refractivity contribution in [1.29, 1.82) is 0 Å². The van der Waals surface area contributed by atoms with Gasteiger partial charge < -0.3 is 9.64 Å². The summed E-state index contributed by atoms with van der Waals surface area (Å²) in [7, 11) is 0. The van der Waals surface area contributed by atoms with Gasteiger partial charge in [0.25, 0.3) is 0 Å². The van der Waals surface area contributed by atoms with E-state index in [0.717, 1.165) is 55.3 Å². The molecule has 0 radical (unpaired) electrons. The maximum Gasteiger partial charge on any atom is 0.246 e. The minimum Gasteiger partial charge on any atom is -0.381 e. The van der Waals surface area contributed by atoms with Crippen LogP contribution in [0, 0.1) is 11.7 Å². The maximum absolute atomic E-state index is 13.0. The van der Waals surface area contributed by atoms with Crippen molar-refractivity contribution in [2.45, 2.75) is 25.3 Å². The molecular weight excluding hydrogens is 351 g/mol. The van der Waals surface area contributed by atoms with Crippen LogP contribution in [-0.2, 0) is 9.53 Å². The number of piperidine rings is 1. The van der Waals surface area contributed by atoms with Gasteiger partial charge in [-0.2, -0.15) is 0 Å². The zero-order valence-corrected chi connectivity index (χ0v) is 15.3. The number of carbonyl (C=O) groups is 1. The van der Waals surface area contributed by atoms with Crippen molar-refractivity contribution < 1.29 is 13.9 Å². The van der Waals surface area contributed by atoms with Crippen LogP contribution in [0.25, 0.3) is 16.6 Å². The van der Waals surface area contributed by atoms with Gasteiger partial charge in [0, 0.05) is 42.1 Å². The lowest BCUT2D eigenvalue weighted by Gasteiger charge is -2.43. The van der Waals surface area contributed by atoms with Gasteiger partial charge in [0.05, 0.1) is 12.3 Å². The first kappa shape index (κ1) is 17.4. The Bertz CT molecular complexity index is 800. The fraction of sp³-hybridized carbons (Fsp3) is 0.400. The molecule has 6 heteroatoms. The predicted molar refractivity (Wildman–Crippen MR) is 100 cm³/mol. The van der Waals surface area contributed by atoms with Crippen molar-refractivity contribution in [2.75, 3.05) is 19.8 Å². The molecule has 0 bridgehead atoms. The summed E-state index contributed by atoms with van der Waals surface area (Å²) in [6.07, 6.45) is 6.51. The van der Waals surface area contributed by atoms with E-state index in [4.69, 9.17) is 4.74 Å². The predicted octanol–water partition coefficient (Wildman–Crippen LogP) is 3.99. The SMILES string of the molecule is O=C(C=Cc1csc(-c2ccc(F)cc2)n1)N1CCCC2COCCC21. The number of hydrogen-bond acceptors (Lipinski definition) is 4. The van der Waals surface area contributed by atoms with E-state index in [-0.39, 0.29) is 11.7 Å². The lowest BCUT2D eigenvalue weighted by Crippen LogP contribution is -2.51. The van der Waals surface area contributed by atoms with Gasteiger partial charge in [0.1, 0.15) is 10.8 Å². The Hall–Kier alpha value is -2.05. The second-order valence-electron chi connectivity index (χ2n) is 6.78. The first-order chi connectivity index (χ1) is 12.7. The van der Waals surface area contributed by atoms with E-state index >= 15 is 0 Å². The highest BCUT2D eigenvalue weighted by atomic mass is 32.1. The number of rotatable bonds is 3. The first-order valence-electron chi connectivity index (χ1n) is 8.98. The number of fused-ring (bicyclic) bond motifs is 1. The summed E-state index contributed by atoms with van der Waals surface area (Å²) in [6.45, 7) is 2.33. The second-order valence-corrected chi connectivity index (χ2v) is 7.64. The average Bonchev–Trinajstić information content (AvgIpc) is 3.15. The molecule has 2 atom stereocenters. The summed E-state index contributed by atoms with van der Waals surface area (Å²) < 4.78 is 18.6. The molecule has 2 saturated heterocycles. The quantitative estimate of drug-likeness (QED) is 0.765. The van der Waals surface area contributed by atoms with E-state index in [1.807, 2.05) is 10.3 Å². The summed E-state index contributed by atoms with van der Waals surface area (Å²) in [6, 6.07) is 6.59. The minimum atomic E-state index is -0.260. The van der Waals surface area contributed by atoms with Crippen LogP contribution in [0.15, 0.2) is 35.7 Å². The summed E-state index contributed by atoms with van der Waals surface area (Å²) >= 11 is 1.49. The number of aromatic nitrogens is 1. The fourth-order valence-electron chi connectivity index (χ4n) is 3.78. The minimum absolute atomic E-state index is 0.0536. The normalized spacial score (nSPS) is 23.2. The number of ether oxygens (including phenoxy) is 1. The summed E-state index contributed by atoms with van der Waals surface area (Å²) in [5, 5.41) is 2.73. The van der Waals surface area contributed by atoms with Crippen LogP contribution >= 0.6 is 11.3 Å². The van der Waals surface area contributed by atoms with Crippen LogP contribution in [-0.4, -0.2) is 41.6 Å². The van der Waals surface area contributed by atoms with Crippen LogP contribution < -0.4 is 0 Å². The monoisotopic (exact) mass is 372 g/mol. The van der Waals surface area contributed by atoms with Crippen molar-refractivity contribution in [2.24, 2.45) is 5.92 Å². The van der Waals surface area contributed by atoms with E-state index < -0.39 is 0 Å². The molecule has 26 heavy (non-hydrogen) atoms. The van der Waals surface area contributed by atoms with Gasteiger partial charge >= 0.3 is 0 Å². The number of carbonyl (C=O) groups excluding carboxylic acids is 1. The van der Waals surface area contributed by atoms with Gasteiger partial charge in [0.15, 0.2) is 0 Å². The van der Waals surface area contributed by atoms with E-state index in [9.17, 15) is 9.18 Å². The molecule has 0 aliphatic carbocycles. The molecular formula is C20H21FN2O2S. The van der Waals surface area contributed by atoms with Crippen LogP contribution in [0.5, 0.6) is 0 Å². The maximum atomic E-state index is 13.0. The number of amides is 1. The topological polar surface area (TPSA) is 42.4 Å². The molecule has 2 aromatic rings. The fourth-order valence-corrected chi connectivity index (χ4v) is 4.57. The van der Waals surface area contributed by atoms with Crippen LogP contribution in [0.1, 0.15) is 25.0 Å². The van der Waals surface area contributed by atoms with Gasteiger partial charge in [-0.25, -0.2) is 9.37 Å². The van der Waals surface area contributed by atoms with E-state index in [1.165, 1.54) is 23.5 Å². The summed E-state index contributed by atoms with van der Waals surface area (Å²) in [5.41, 5.74) is 1.63. The number of halogens is 1. The highest BCUT2D eigenvalue weighted by Crippen LogP contribution is 2.30. The lowest BCUT2D eigenvalue weighted by molar-refractivity contribution is -0.135. The Balaban J connectivity index is 1.44. The third-order valence-electron chi connectivity index (χ3n) is 5.10. The summed E-state index contributed by atoms with van der Waals surface area (Å²) in [5.74, 6) is 0.265. The second kappa shape index (κ2) is 7.68. The molecule has 1 aromatic heterocycles. The zero-order chi connectivity index (χ0) is 17.9. The number of hydrogen-bond donors (Lipinski definition) is 0. The third kappa shape index (κ3) is 3.71. The Labute approximate surface area is 156 Å². The van der Waals surface area contributed by atoms with Crippen molar-refractivity contribution in [3.8, 4) is 10.6 Å². The lowest BCUT2D eigenvalue weighted by atomic mass is 9.86. The highest BCUT2D eigenvalue weighted by molar-refractivity contribution is 7.13. The first-order valence-corrected chi connectivity index (χ1v) is 9.86. The standard InChI is InChI=1S/C20H21FN2O2S/c21-16-5-3-14(4-6-16)20-22-17(13-26-20)7-8-19(24)23-10-1-2-15-12-25-11-9-18(15)23/h3-8,13,15,18H,1-2,9-12H2. The van der Waals surface area contributed by atoms with Gasteiger partial charge in [-0.05, 0) is 49.6 Å². The molecule has 4 rings (SSSR count). The Morgan fingerprint density at radius 2 is 2.15 bits per heavy atom. The van der Waals surface area contributed by atoms with Gasteiger partial charge in [-0.15, -0.1) is 11.3 Å². The molecule has 4 nitrogen and oxygen atoms in total. The molecule has 2 aliphatic heterocycles. The van der Waals surface area contributed by atoms with Gasteiger partial charge in [0.2, 0.25) is 5.91 Å². The van der Waals surface area contributed by atoms with Crippen molar-refractivity contribution in [3.63, 3.8) is 0 Å². The third-order valence-corrected chi connectivity index (χ3v) is 6.01. The Kier molecular flexibility index (Phi) is 5.13. The van der Waals surface area contributed by atoms with Crippen molar-refractivity contribution in [3.05, 3.63) is 47.2 Å². The molecule has 2 unspecified atom stereocenters. The van der Waals surface area contributed by atoms with Gasteiger partial charge in [-0.1, -0.05) is 0 Å². The molecule has 136 valence electrons. The average molecular weight is 372 g/mol. The molecule has 0 N–H and O–H groups in total. The molecule has 1 aromatic carbocycles. The van der Waals surface area contributed by atoms with Crippen LogP contribution in [0.4, 0.5) is 4.39 Å². The van der Waals surface area contributed by atoms with E-state index in [1.54, 1.807) is 24.3 Å². The highest BCUT2D eigenvalue weighted by Gasteiger charge is 2.35. The van der Waals surface area contributed by atoms with E-state index in [0.29, 0.717) is 12.0 Å². The van der Waals surface area contributed by atoms with Crippen molar-refractivity contribution in [1.82, 2.24) is 9.88 Å². The Morgan fingerprint density at radius 1 is 1.31 bits per heavy atom. The molecule has 0 spiro atoms. The largest absolute Gasteiger partial charge is 0.381 e. The van der Waals surface area contributed by atoms with E-state index in [2.05, 4.69) is 4.98 Å². The molecule has 3 heterocycles.